The van der Waals surface area contributed by atoms with Gasteiger partial charge in [-0.05, 0) is 20.3 Å². The number of H-pyrrole nitrogens is 1. The maximum absolute atomic E-state index is 13.1. The first-order valence-electron chi connectivity index (χ1n) is 9.89. The molecule has 0 bridgehead atoms. The van der Waals surface area contributed by atoms with Gasteiger partial charge in [0.2, 0.25) is 0 Å². The third-order valence-electron chi connectivity index (χ3n) is 4.69. The number of aromatic amines is 1. The predicted octanol–water partition coefficient (Wildman–Crippen LogP) is 2.43. The van der Waals surface area contributed by atoms with Gasteiger partial charge < -0.3 is 18.9 Å². The van der Waals surface area contributed by atoms with Gasteiger partial charge in [-0.25, -0.2) is 4.79 Å². The zero-order valence-corrected chi connectivity index (χ0v) is 17.7. The number of halogens is 3. The maximum Gasteiger partial charge on any atom is 0.423 e. The van der Waals surface area contributed by atoms with Crippen LogP contribution in [0.15, 0.2) is 15.8 Å². The smallest absolute Gasteiger partial charge is 0.363 e. The molecule has 1 aliphatic rings. The lowest BCUT2D eigenvalue weighted by molar-refractivity contribution is -0.231. The molecule has 0 aromatic carbocycles. The summed E-state index contributed by atoms with van der Waals surface area (Å²) < 4.78 is 62.7. The van der Waals surface area contributed by atoms with Crippen LogP contribution in [0.1, 0.15) is 51.8 Å². The Kier molecular flexibility index (Phi) is 8.48. The molecule has 0 unspecified atom stereocenters. The lowest BCUT2D eigenvalue weighted by Gasteiger charge is -2.28. The Bertz CT molecular complexity index is 887. The monoisotopic (exact) mass is 448 g/mol. The van der Waals surface area contributed by atoms with E-state index in [4.69, 9.17) is 25.4 Å². The van der Waals surface area contributed by atoms with Crippen molar-refractivity contribution in [2.75, 3.05) is 19.8 Å². The molecule has 1 N–H and O–H groups in total. The first kappa shape index (κ1) is 25.1. The molecule has 1 saturated heterocycles. The summed E-state index contributed by atoms with van der Waals surface area (Å²) in [6.45, 7) is 5.93. The largest absolute Gasteiger partial charge is 0.423 e. The van der Waals surface area contributed by atoms with Gasteiger partial charge >= 0.3 is 11.9 Å². The Morgan fingerprint density at radius 1 is 1.32 bits per heavy atom. The van der Waals surface area contributed by atoms with Crippen LogP contribution in [0.3, 0.4) is 0 Å². The standard InChI is InChI=1S/C20H27F3N2O6/c1-5-7-9-29-19(3,4)30-12-15-14(28-8-6-2)10-16(31-15)25-11-13(20(21,22)23)17(26)24-18(25)27/h2,11,14-16H,5,7-10,12H2,1,3-4H3,(H,24,26,27)/t14-,15+,16+/m0/s1. The van der Waals surface area contributed by atoms with Crippen LogP contribution >= 0.6 is 0 Å². The van der Waals surface area contributed by atoms with Crippen LogP contribution in [0.5, 0.6) is 0 Å². The number of ether oxygens (including phenoxy) is 4. The summed E-state index contributed by atoms with van der Waals surface area (Å²) in [6.07, 6.45) is 0.143. The number of alkyl halides is 3. The first-order chi connectivity index (χ1) is 14.5. The molecule has 0 spiro atoms. The van der Waals surface area contributed by atoms with Gasteiger partial charge in [-0.3, -0.25) is 14.3 Å². The Morgan fingerprint density at radius 3 is 2.65 bits per heavy atom. The number of hydrogen-bond acceptors (Lipinski definition) is 6. The van der Waals surface area contributed by atoms with Crippen molar-refractivity contribution in [1.29, 1.82) is 0 Å². The number of terminal acetylenes is 1. The number of aromatic nitrogens is 2. The number of hydrogen-bond donors (Lipinski definition) is 1. The summed E-state index contributed by atoms with van der Waals surface area (Å²) in [5.41, 5.74) is -4.04. The fourth-order valence-electron chi connectivity index (χ4n) is 3.04. The van der Waals surface area contributed by atoms with Crippen molar-refractivity contribution >= 4 is 0 Å². The number of unbranched alkanes of at least 4 members (excludes halogenated alkanes) is 1. The third-order valence-corrected chi connectivity index (χ3v) is 4.69. The number of rotatable bonds is 10. The maximum atomic E-state index is 13.1. The molecule has 11 heteroatoms. The molecular formula is C20H27F3N2O6. The van der Waals surface area contributed by atoms with Crippen molar-refractivity contribution in [3.8, 4) is 12.3 Å². The second kappa shape index (κ2) is 10.5. The summed E-state index contributed by atoms with van der Waals surface area (Å²) in [4.78, 5) is 25.3. The van der Waals surface area contributed by atoms with Gasteiger partial charge in [-0.15, -0.1) is 6.42 Å². The molecule has 1 aliphatic heterocycles. The SMILES string of the molecule is C#CCO[C@H]1C[C@H](n2cc(C(F)(F)F)c(=O)[nH]c2=O)O[C@@H]1COC(C)(C)OCCCC. The lowest BCUT2D eigenvalue weighted by atomic mass is 10.2. The average molecular weight is 448 g/mol. The molecule has 0 saturated carbocycles. The minimum Gasteiger partial charge on any atom is -0.363 e. The minimum absolute atomic E-state index is 0.00487. The zero-order chi connectivity index (χ0) is 23.2. The van der Waals surface area contributed by atoms with Crippen LogP contribution in [0.2, 0.25) is 0 Å². The summed E-state index contributed by atoms with van der Waals surface area (Å²) in [5, 5.41) is 0. The van der Waals surface area contributed by atoms with Crippen LogP contribution in [0, 0.1) is 12.3 Å². The normalized spacial score (nSPS) is 21.9. The fraction of sp³-hybridized carbons (Fsp3) is 0.700. The highest BCUT2D eigenvalue weighted by molar-refractivity contribution is 5.09. The van der Waals surface area contributed by atoms with Crippen molar-refractivity contribution in [1.82, 2.24) is 9.55 Å². The zero-order valence-electron chi connectivity index (χ0n) is 17.7. The second-order valence-electron chi connectivity index (χ2n) is 7.54. The lowest BCUT2D eigenvalue weighted by Crippen LogP contribution is -2.37. The van der Waals surface area contributed by atoms with Crippen LogP contribution in [-0.4, -0.2) is 47.4 Å². The minimum atomic E-state index is -4.93. The number of nitrogens with one attached hydrogen (secondary N) is 1. The van der Waals surface area contributed by atoms with Gasteiger partial charge in [0.15, 0.2) is 5.79 Å². The first-order valence-corrected chi connectivity index (χ1v) is 9.89. The molecule has 2 heterocycles. The summed E-state index contributed by atoms with van der Waals surface area (Å²) >= 11 is 0. The Labute approximate surface area is 177 Å². The molecular weight excluding hydrogens is 421 g/mol. The van der Waals surface area contributed by atoms with Crippen molar-refractivity contribution < 1.29 is 32.1 Å². The van der Waals surface area contributed by atoms with Gasteiger partial charge in [0.1, 0.15) is 24.5 Å². The fourth-order valence-corrected chi connectivity index (χ4v) is 3.04. The van der Waals surface area contributed by atoms with Gasteiger partial charge in [0.25, 0.3) is 5.56 Å². The highest BCUT2D eigenvalue weighted by Gasteiger charge is 2.41. The van der Waals surface area contributed by atoms with Crippen LogP contribution in [-0.2, 0) is 25.1 Å². The second-order valence-corrected chi connectivity index (χ2v) is 7.54. The van der Waals surface area contributed by atoms with Crippen molar-refractivity contribution in [3.63, 3.8) is 0 Å². The molecule has 0 amide bonds. The van der Waals surface area contributed by atoms with E-state index in [1.54, 1.807) is 18.8 Å². The molecule has 3 atom stereocenters. The molecule has 0 aliphatic carbocycles. The van der Waals surface area contributed by atoms with Gasteiger partial charge in [0, 0.05) is 19.2 Å². The quantitative estimate of drug-likeness (QED) is 0.336. The third kappa shape index (κ3) is 6.93. The van der Waals surface area contributed by atoms with Gasteiger partial charge in [0.05, 0.1) is 12.7 Å². The van der Waals surface area contributed by atoms with Crippen LogP contribution < -0.4 is 11.2 Å². The highest BCUT2D eigenvalue weighted by Crippen LogP contribution is 2.32. The van der Waals surface area contributed by atoms with E-state index in [2.05, 4.69) is 5.92 Å². The van der Waals surface area contributed by atoms with E-state index < -0.39 is 47.2 Å². The highest BCUT2D eigenvalue weighted by atomic mass is 19.4. The van der Waals surface area contributed by atoms with E-state index in [1.165, 1.54) is 0 Å². The van der Waals surface area contributed by atoms with E-state index >= 15 is 0 Å². The van der Waals surface area contributed by atoms with E-state index in [-0.39, 0.29) is 19.6 Å². The van der Waals surface area contributed by atoms with Crippen LogP contribution in [0.25, 0.3) is 0 Å². The molecule has 1 aromatic rings. The Morgan fingerprint density at radius 2 is 2.03 bits per heavy atom. The van der Waals surface area contributed by atoms with Gasteiger partial charge in [-0.1, -0.05) is 19.3 Å². The average Bonchev–Trinajstić information content (AvgIpc) is 3.06. The van der Waals surface area contributed by atoms with Crippen molar-refractivity contribution in [2.24, 2.45) is 0 Å². The molecule has 0 radical (unpaired) electrons. The summed E-state index contributed by atoms with van der Waals surface area (Å²) in [7, 11) is 0. The van der Waals surface area contributed by atoms with E-state index in [0.29, 0.717) is 17.4 Å². The Balaban J connectivity index is 2.19. The molecule has 2 rings (SSSR count). The van der Waals surface area contributed by atoms with Crippen LogP contribution in [0.4, 0.5) is 13.2 Å². The molecule has 1 fully saturated rings. The van der Waals surface area contributed by atoms with Crippen molar-refractivity contribution in [2.45, 2.75) is 70.4 Å². The molecule has 174 valence electrons. The van der Waals surface area contributed by atoms with E-state index in [9.17, 15) is 22.8 Å². The molecule has 31 heavy (non-hydrogen) atoms. The van der Waals surface area contributed by atoms with Gasteiger partial charge in [-0.2, -0.15) is 13.2 Å². The topological polar surface area (TPSA) is 91.8 Å². The summed E-state index contributed by atoms with van der Waals surface area (Å²) in [6, 6.07) is 0. The number of nitrogens with zero attached hydrogens (tertiary/aromatic N) is 1. The molecule has 1 aromatic heterocycles. The molecule has 8 nitrogen and oxygen atoms in total. The van der Waals surface area contributed by atoms with Crippen molar-refractivity contribution in [3.05, 3.63) is 32.6 Å². The Hall–Kier alpha value is -2.13. The van der Waals surface area contributed by atoms with E-state index in [0.717, 1.165) is 12.8 Å². The predicted molar refractivity (Wildman–Crippen MR) is 104 cm³/mol. The van der Waals surface area contributed by atoms with E-state index in [1.807, 2.05) is 6.92 Å². The summed E-state index contributed by atoms with van der Waals surface area (Å²) in [5.74, 6) is 1.39.